The van der Waals surface area contributed by atoms with Crippen LogP contribution < -0.4 is 35.7 Å². The molecule has 0 saturated carbocycles. The highest BCUT2D eigenvalue weighted by atomic mass is 16.5. The van der Waals surface area contributed by atoms with E-state index in [1.54, 1.807) is 50.4 Å². The molecular weight excluding hydrogens is 632 g/mol. The molecule has 2 aliphatic rings. The number of likely N-dealkylation sites (tertiary alicyclic amines) is 1. The number of hydrogen-bond acceptors (Lipinski definition) is 11. The minimum Gasteiger partial charge on any atom is -0.496 e. The first-order chi connectivity index (χ1) is 23.5. The van der Waals surface area contributed by atoms with Gasteiger partial charge in [0.1, 0.15) is 35.2 Å². The normalized spacial score (nSPS) is 16.9. The van der Waals surface area contributed by atoms with Gasteiger partial charge in [0.05, 0.1) is 25.2 Å². The molecule has 2 fully saturated rings. The van der Waals surface area contributed by atoms with E-state index in [4.69, 9.17) is 14.2 Å². The van der Waals surface area contributed by atoms with Gasteiger partial charge in [0.15, 0.2) is 5.65 Å². The lowest BCUT2D eigenvalue weighted by molar-refractivity contribution is -0.136. The highest BCUT2D eigenvalue weighted by Gasteiger charge is 2.32. The molecular formula is C34H36N8O7. The van der Waals surface area contributed by atoms with E-state index in [0.717, 1.165) is 32.6 Å². The number of benzene rings is 1. The van der Waals surface area contributed by atoms with Gasteiger partial charge in [0, 0.05) is 82.8 Å². The average molecular weight is 669 g/mol. The third-order valence-electron chi connectivity index (χ3n) is 9.06. The van der Waals surface area contributed by atoms with E-state index in [9.17, 15) is 19.2 Å². The SMILES string of the molecule is COc1cc(-c2cn(C)c(=O)c3cnc(N(C)C)cc23)cc(OC)c1CN1CC(Oc2ccn3c(=O)n(C4CCC(=O)NC4=O)nc3c2)C1. The minimum atomic E-state index is -0.841. The molecule has 1 aromatic carbocycles. The molecule has 1 unspecified atom stereocenters. The summed E-state index contributed by atoms with van der Waals surface area (Å²) in [5, 5.41) is 7.93. The minimum absolute atomic E-state index is 0.0980. The van der Waals surface area contributed by atoms with E-state index in [2.05, 4.69) is 20.3 Å². The number of carbonyl (C=O) groups excluding carboxylic acids is 2. The maximum absolute atomic E-state index is 13.0. The van der Waals surface area contributed by atoms with Crippen molar-refractivity contribution in [2.24, 2.45) is 7.05 Å². The van der Waals surface area contributed by atoms with Crippen LogP contribution in [0.3, 0.4) is 0 Å². The fourth-order valence-corrected chi connectivity index (χ4v) is 6.42. The van der Waals surface area contributed by atoms with Crippen LogP contribution in [0.25, 0.3) is 27.5 Å². The summed E-state index contributed by atoms with van der Waals surface area (Å²) in [7, 11) is 8.79. The molecule has 0 spiro atoms. The summed E-state index contributed by atoms with van der Waals surface area (Å²) < 4.78 is 22.0. The summed E-state index contributed by atoms with van der Waals surface area (Å²) in [6.45, 7) is 1.84. The lowest BCUT2D eigenvalue weighted by Crippen LogP contribution is -2.53. The second-order valence-electron chi connectivity index (χ2n) is 12.5. The summed E-state index contributed by atoms with van der Waals surface area (Å²) in [5.41, 5.74) is 2.34. The first-order valence-electron chi connectivity index (χ1n) is 15.8. The van der Waals surface area contributed by atoms with Crippen molar-refractivity contribution in [3.05, 3.63) is 75.3 Å². The number of amides is 2. The molecule has 6 heterocycles. The van der Waals surface area contributed by atoms with Gasteiger partial charge in [-0.15, -0.1) is 5.10 Å². The van der Waals surface area contributed by atoms with E-state index in [1.165, 1.54) is 4.40 Å². The van der Waals surface area contributed by atoms with Crippen LogP contribution in [0.4, 0.5) is 5.82 Å². The van der Waals surface area contributed by atoms with E-state index in [1.807, 2.05) is 43.4 Å². The Bertz CT molecular complexity index is 2220. The van der Waals surface area contributed by atoms with E-state index < -0.39 is 17.6 Å². The van der Waals surface area contributed by atoms with Gasteiger partial charge in [-0.3, -0.25) is 29.0 Å². The number of aromatic nitrogens is 5. The largest absolute Gasteiger partial charge is 0.496 e. The molecule has 254 valence electrons. The average Bonchev–Trinajstić information content (AvgIpc) is 3.39. The second kappa shape index (κ2) is 12.4. The Kier molecular flexibility index (Phi) is 8.06. The molecule has 15 nitrogen and oxygen atoms in total. The first-order valence-corrected chi connectivity index (χ1v) is 15.8. The number of nitrogens with one attached hydrogen (secondary N) is 1. The quantitative estimate of drug-likeness (QED) is 0.229. The van der Waals surface area contributed by atoms with Crippen molar-refractivity contribution in [2.45, 2.75) is 31.5 Å². The lowest BCUT2D eigenvalue weighted by atomic mass is 9.98. The third kappa shape index (κ3) is 5.75. The number of methoxy groups -OCH3 is 2. The van der Waals surface area contributed by atoms with Gasteiger partial charge in [0.2, 0.25) is 5.91 Å². The van der Waals surface area contributed by atoms with Crippen LogP contribution >= 0.6 is 0 Å². The zero-order chi connectivity index (χ0) is 34.6. The molecule has 0 bridgehead atoms. The number of pyridine rings is 3. The summed E-state index contributed by atoms with van der Waals surface area (Å²) in [4.78, 5) is 58.3. The Morgan fingerprint density at radius 3 is 2.41 bits per heavy atom. The predicted octanol–water partition coefficient (Wildman–Crippen LogP) is 1.73. The number of rotatable bonds is 9. The fourth-order valence-electron chi connectivity index (χ4n) is 6.42. The van der Waals surface area contributed by atoms with Gasteiger partial charge in [-0.05, 0) is 36.2 Å². The third-order valence-corrected chi connectivity index (χ3v) is 9.06. The molecule has 2 aliphatic heterocycles. The van der Waals surface area contributed by atoms with Crippen molar-refractivity contribution in [1.29, 1.82) is 0 Å². The van der Waals surface area contributed by atoms with Gasteiger partial charge in [-0.1, -0.05) is 0 Å². The van der Waals surface area contributed by atoms with Gasteiger partial charge < -0.3 is 23.7 Å². The second-order valence-corrected chi connectivity index (χ2v) is 12.5. The first kappa shape index (κ1) is 31.9. The van der Waals surface area contributed by atoms with Crippen LogP contribution in [0.5, 0.6) is 17.2 Å². The number of imide groups is 1. The zero-order valence-corrected chi connectivity index (χ0v) is 27.8. The molecule has 49 heavy (non-hydrogen) atoms. The summed E-state index contributed by atoms with van der Waals surface area (Å²) >= 11 is 0. The lowest BCUT2D eigenvalue weighted by Gasteiger charge is -2.39. The highest BCUT2D eigenvalue weighted by molar-refractivity contribution is 5.99. The van der Waals surface area contributed by atoms with Crippen LogP contribution in [0.2, 0.25) is 0 Å². The molecule has 5 aromatic rings. The summed E-state index contributed by atoms with van der Waals surface area (Å²) in [6, 6.07) is 8.36. The molecule has 7 rings (SSSR count). The molecule has 1 N–H and O–H groups in total. The van der Waals surface area contributed by atoms with Crippen molar-refractivity contribution >= 4 is 34.1 Å². The summed E-state index contributed by atoms with van der Waals surface area (Å²) in [6.07, 6.45) is 5.28. The van der Waals surface area contributed by atoms with Crippen LogP contribution in [0.15, 0.2) is 58.5 Å². The van der Waals surface area contributed by atoms with Crippen LogP contribution in [0, 0.1) is 0 Å². The van der Waals surface area contributed by atoms with Crippen molar-refractivity contribution in [3.63, 3.8) is 0 Å². The Morgan fingerprint density at radius 1 is 1.00 bits per heavy atom. The number of fused-ring (bicyclic) bond motifs is 2. The van der Waals surface area contributed by atoms with Crippen LogP contribution in [-0.4, -0.2) is 88.0 Å². The number of nitrogens with zero attached hydrogens (tertiary/aromatic N) is 7. The number of carbonyl (C=O) groups is 2. The zero-order valence-electron chi connectivity index (χ0n) is 27.8. The smallest absolute Gasteiger partial charge is 0.351 e. The number of ether oxygens (including phenoxy) is 3. The van der Waals surface area contributed by atoms with E-state index in [0.29, 0.717) is 47.9 Å². The van der Waals surface area contributed by atoms with Crippen molar-refractivity contribution in [3.8, 4) is 28.4 Å². The van der Waals surface area contributed by atoms with E-state index >= 15 is 0 Å². The molecule has 2 amide bonds. The van der Waals surface area contributed by atoms with E-state index in [-0.39, 0.29) is 30.4 Å². The predicted molar refractivity (Wildman–Crippen MR) is 180 cm³/mol. The molecule has 4 aromatic heterocycles. The molecule has 0 radical (unpaired) electrons. The number of aryl methyl sites for hydroxylation is 1. The standard InChI is InChI=1S/C34H36N8O7/c1-38(2)29-13-22-23(14-35-29)33(45)39(3)17-24(22)19-10-27(47-4)25(28(11-19)48-5)18-40-15-21(16-40)49-20-8-9-41-30(12-20)37-42(34(41)46)26-6-7-31(43)36-32(26)44/h8-14,17,21,26H,6-7,15-16,18H2,1-5H3,(H,36,43,44). The Hall–Kier alpha value is -5.70. The van der Waals surface area contributed by atoms with Crippen molar-refractivity contribution in [1.82, 2.24) is 33.9 Å². The maximum Gasteiger partial charge on any atom is 0.351 e. The Morgan fingerprint density at radius 2 is 1.73 bits per heavy atom. The molecule has 0 aliphatic carbocycles. The Labute approximate surface area is 280 Å². The van der Waals surface area contributed by atoms with Crippen LogP contribution in [0.1, 0.15) is 24.4 Å². The Balaban J connectivity index is 1.08. The number of hydrogen-bond donors (Lipinski definition) is 1. The number of piperidine rings is 1. The monoisotopic (exact) mass is 668 g/mol. The van der Waals surface area contributed by atoms with Crippen molar-refractivity contribution < 1.29 is 23.8 Å². The van der Waals surface area contributed by atoms with Gasteiger partial charge >= 0.3 is 5.69 Å². The van der Waals surface area contributed by atoms with Gasteiger partial charge in [-0.2, -0.15) is 4.68 Å². The maximum atomic E-state index is 13.0. The fraction of sp³-hybridized carbons (Fsp3) is 0.353. The van der Waals surface area contributed by atoms with Gasteiger partial charge in [0.25, 0.3) is 11.5 Å². The number of anilines is 1. The topological polar surface area (TPSA) is 155 Å². The molecule has 2 saturated heterocycles. The molecule has 1 atom stereocenters. The van der Waals surface area contributed by atoms with Gasteiger partial charge in [-0.25, -0.2) is 9.78 Å². The van der Waals surface area contributed by atoms with Crippen LogP contribution in [-0.2, 0) is 23.2 Å². The molecule has 15 heteroatoms. The summed E-state index contributed by atoms with van der Waals surface area (Å²) in [5.74, 6) is 1.71. The highest BCUT2D eigenvalue weighted by Crippen LogP contribution is 2.39. The van der Waals surface area contributed by atoms with Crippen molar-refractivity contribution in [2.75, 3.05) is 46.3 Å².